The van der Waals surface area contributed by atoms with Crippen molar-refractivity contribution < 1.29 is 23.1 Å². The number of carbonyl (C=O) groups excluding carboxylic acids is 1. The van der Waals surface area contributed by atoms with Gasteiger partial charge in [-0.3, -0.25) is 4.79 Å². The fraction of sp³-hybridized carbons (Fsp3) is 0.750. The molecule has 0 aliphatic heterocycles. The first-order valence-electron chi connectivity index (χ1n) is 5.81. The molecule has 0 unspecified atom stereocenters. The maximum Gasteiger partial charge on any atom is 0.418 e. The van der Waals surface area contributed by atoms with Gasteiger partial charge in [-0.2, -0.15) is 13.2 Å². The number of rotatable bonds is 3. The standard InChI is InChI=1S/C12H18F3NO2/c1-10(6-4-3-5-7-10)9(17)16-8-11(2,18)12(13,14)15/h3-4,18H,5-8H2,1-2H3,(H,16,17)/t10-,11-/m0/s1. The summed E-state index contributed by atoms with van der Waals surface area (Å²) in [7, 11) is 0. The summed E-state index contributed by atoms with van der Waals surface area (Å²) in [6, 6.07) is 0. The minimum atomic E-state index is -4.76. The van der Waals surface area contributed by atoms with Gasteiger partial charge in [-0.15, -0.1) is 0 Å². The van der Waals surface area contributed by atoms with Crippen LogP contribution in [0, 0.1) is 5.41 Å². The van der Waals surface area contributed by atoms with Crippen LogP contribution < -0.4 is 5.32 Å². The Morgan fingerprint density at radius 1 is 1.44 bits per heavy atom. The van der Waals surface area contributed by atoms with E-state index in [1.807, 2.05) is 12.2 Å². The number of nitrogens with one attached hydrogen (secondary N) is 1. The number of halogens is 3. The van der Waals surface area contributed by atoms with E-state index in [4.69, 9.17) is 0 Å². The Hall–Kier alpha value is -1.04. The van der Waals surface area contributed by atoms with Gasteiger partial charge in [0.2, 0.25) is 5.91 Å². The van der Waals surface area contributed by atoms with Crippen LogP contribution in [0.1, 0.15) is 33.1 Å². The minimum Gasteiger partial charge on any atom is -0.379 e. The molecule has 1 aliphatic carbocycles. The fourth-order valence-corrected chi connectivity index (χ4v) is 1.74. The van der Waals surface area contributed by atoms with Crippen LogP contribution in [0.3, 0.4) is 0 Å². The summed E-state index contributed by atoms with van der Waals surface area (Å²) in [6.45, 7) is 1.54. The van der Waals surface area contributed by atoms with E-state index >= 15 is 0 Å². The maximum absolute atomic E-state index is 12.4. The predicted molar refractivity (Wildman–Crippen MR) is 60.8 cm³/mol. The van der Waals surface area contributed by atoms with Crippen molar-refractivity contribution in [3.05, 3.63) is 12.2 Å². The molecule has 2 N–H and O–H groups in total. The third-order valence-corrected chi connectivity index (χ3v) is 3.35. The van der Waals surface area contributed by atoms with Crippen LogP contribution in [0.4, 0.5) is 13.2 Å². The molecule has 1 rings (SSSR count). The van der Waals surface area contributed by atoms with Gasteiger partial charge in [0.1, 0.15) is 0 Å². The number of amides is 1. The Kier molecular flexibility index (Phi) is 4.10. The molecule has 0 spiro atoms. The number of aliphatic hydroxyl groups is 1. The van der Waals surface area contributed by atoms with Gasteiger partial charge in [0, 0.05) is 0 Å². The molecule has 3 nitrogen and oxygen atoms in total. The van der Waals surface area contributed by atoms with Crippen molar-refractivity contribution in [3.8, 4) is 0 Å². The summed E-state index contributed by atoms with van der Waals surface area (Å²) in [5.74, 6) is -0.448. The highest BCUT2D eigenvalue weighted by Gasteiger charge is 2.50. The molecule has 1 aliphatic rings. The quantitative estimate of drug-likeness (QED) is 0.768. The molecule has 2 atom stereocenters. The first-order valence-corrected chi connectivity index (χ1v) is 5.81. The molecule has 1 amide bonds. The highest BCUT2D eigenvalue weighted by atomic mass is 19.4. The second-order valence-corrected chi connectivity index (χ2v) is 5.23. The van der Waals surface area contributed by atoms with Crippen molar-refractivity contribution in [2.75, 3.05) is 6.54 Å². The van der Waals surface area contributed by atoms with Crippen LogP contribution in [-0.4, -0.2) is 29.3 Å². The summed E-state index contributed by atoms with van der Waals surface area (Å²) in [6.07, 6.45) is 0.885. The van der Waals surface area contributed by atoms with Crippen molar-refractivity contribution in [1.29, 1.82) is 0 Å². The van der Waals surface area contributed by atoms with E-state index in [0.717, 1.165) is 6.42 Å². The molecule has 18 heavy (non-hydrogen) atoms. The number of carbonyl (C=O) groups is 1. The van der Waals surface area contributed by atoms with Gasteiger partial charge < -0.3 is 10.4 Å². The number of allylic oxidation sites excluding steroid dienone is 2. The Morgan fingerprint density at radius 3 is 2.50 bits per heavy atom. The molecule has 0 aromatic rings. The lowest BCUT2D eigenvalue weighted by molar-refractivity contribution is -0.250. The van der Waals surface area contributed by atoms with E-state index in [2.05, 4.69) is 5.32 Å². The maximum atomic E-state index is 12.4. The van der Waals surface area contributed by atoms with Crippen molar-refractivity contribution in [3.63, 3.8) is 0 Å². The van der Waals surface area contributed by atoms with Crippen LogP contribution in [0.2, 0.25) is 0 Å². The molecule has 0 heterocycles. The van der Waals surface area contributed by atoms with Crippen molar-refractivity contribution in [1.82, 2.24) is 5.32 Å². The van der Waals surface area contributed by atoms with Crippen LogP contribution in [0.15, 0.2) is 12.2 Å². The average Bonchev–Trinajstić information content (AvgIpc) is 2.25. The van der Waals surface area contributed by atoms with Crippen molar-refractivity contribution >= 4 is 5.91 Å². The van der Waals surface area contributed by atoms with Gasteiger partial charge in [-0.1, -0.05) is 19.1 Å². The van der Waals surface area contributed by atoms with E-state index in [0.29, 0.717) is 19.8 Å². The summed E-state index contributed by atoms with van der Waals surface area (Å²) >= 11 is 0. The molecule has 0 bridgehead atoms. The Bertz CT molecular complexity index is 350. The van der Waals surface area contributed by atoms with Crippen LogP contribution in [0.25, 0.3) is 0 Å². The summed E-state index contributed by atoms with van der Waals surface area (Å²) < 4.78 is 37.2. The fourth-order valence-electron chi connectivity index (χ4n) is 1.74. The highest BCUT2D eigenvalue weighted by Crippen LogP contribution is 2.33. The highest BCUT2D eigenvalue weighted by molar-refractivity contribution is 5.82. The number of hydrogen-bond acceptors (Lipinski definition) is 2. The third kappa shape index (κ3) is 3.25. The Labute approximate surface area is 104 Å². The zero-order chi connectivity index (χ0) is 14.0. The van der Waals surface area contributed by atoms with Gasteiger partial charge in [-0.25, -0.2) is 0 Å². The lowest BCUT2D eigenvalue weighted by atomic mass is 9.78. The Morgan fingerprint density at radius 2 is 2.06 bits per heavy atom. The summed E-state index contributed by atoms with van der Waals surface area (Å²) in [5.41, 5.74) is -3.58. The van der Waals surface area contributed by atoms with E-state index < -0.39 is 29.6 Å². The zero-order valence-electron chi connectivity index (χ0n) is 10.5. The summed E-state index contributed by atoms with van der Waals surface area (Å²) in [5, 5.41) is 11.4. The van der Waals surface area contributed by atoms with Crippen molar-refractivity contribution in [2.45, 2.75) is 44.9 Å². The van der Waals surface area contributed by atoms with E-state index in [-0.39, 0.29) is 0 Å². The second-order valence-electron chi connectivity index (χ2n) is 5.23. The second kappa shape index (κ2) is 4.91. The van der Waals surface area contributed by atoms with Gasteiger partial charge in [-0.05, 0) is 26.2 Å². The van der Waals surface area contributed by atoms with Crippen LogP contribution >= 0.6 is 0 Å². The van der Waals surface area contributed by atoms with Gasteiger partial charge in [0.15, 0.2) is 5.60 Å². The van der Waals surface area contributed by atoms with Crippen LogP contribution in [-0.2, 0) is 4.79 Å². The number of hydrogen-bond donors (Lipinski definition) is 2. The predicted octanol–water partition coefficient (Wildman–Crippen LogP) is 2.16. The molecule has 0 saturated carbocycles. The number of alkyl halides is 3. The van der Waals surface area contributed by atoms with Crippen molar-refractivity contribution in [2.24, 2.45) is 5.41 Å². The Balaban J connectivity index is 2.59. The van der Waals surface area contributed by atoms with E-state index in [9.17, 15) is 23.1 Å². The van der Waals surface area contributed by atoms with Gasteiger partial charge in [0.25, 0.3) is 0 Å². The largest absolute Gasteiger partial charge is 0.418 e. The molecular formula is C12H18F3NO2. The lowest BCUT2D eigenvalue weighted by Crippen LogP contribution is -2.53. The zero-order valence-corrected chi connectivity index (χ0v) is 10.5. The van der Waals surface area contributed by atoms with Crippen LogP contribution in [0.5, 0.6) is 0 Å². The first-order chi connectivity index (χ1) is 8.08. The van der Waals surface area contributed by atoms with E-state index in [1.165, 1.54) is 0 Å². The minimum absolute atomic E-state index is 0.448. The van der Waals surface area contributed by atoms with Gasteiger partial charge in [0.05, 0.1) is 12.0 Å². The molecule has 0 fully saturated rings. The SMILES string of the molecule is C[C@]1(C(=O)NC[C@](C)(O)C(F)(F)F)CC=CCC1. The normalized spacial score (nSPS) is 27.7. The smallest absolute Gasteiger partial charge is 0.379 e. The average molecular weight is 265 g/mol. The topological polar surface area (TPSA) is 49.3 Å². The summed E-state index contributed by atoms with van der Waals surface area (Å²) in [4.78, 5) is 11.9. The van der Waals surface area contributed by atoms with E-state index in [1.54, 1.807) is 6.92 Å². The van der Waals surface area contributed by atoms with Gasteiger partial charge >= 0.3 is 6.18 Å². The molecule has 0 aromatic heterocycles. The lowest BCUT2D eigenvalue weighted by Gasteiger charge is -2.32. The molecule has 0 saturated heterocycles. The monoisotopic (exact) mass is 265 g/mol. The first kappa shape index (κ1) is 15.0. The molecule has 104 valence electrons. The molecule has 6 heteroatoms. The molecule has 0 aromatic carbocycles. The third-order valence-electron chi connectivity index (χ3n) is 3.35. The molecular weight excluding hydrogens is 247 g/mol. The molecule has 0 radical (unpaired) electrons.